The first-order valence-electron chi connectivity index (χ1n) is 16.1. The Kier molecular flexibility index (Phi) is 10.2. The fraction of sp³-hybridized carbons (Fsp3) is 0.342. The van der Waals surface area contributed by atoms with Gasteiger partial charge in [0.1, 0.15) is 23.7 Å². The van der Waals surface area contributed by atoms with Gasteiger partial charge in [0.2, 0.25) is 0 Å². The summed E-state index contributed by atoms with van der Waals surface area (Å²) in [6, 6.07) is 21.1. The molecule has 2 N–H and O–H groups in total. The maximum absolute atomic E-state index is 14.1. The molecule has 3 unspecified atom stereocenters. The van der Waals surface area contributed by atoms with Crippen LogP contribution >= 0.6 is 0 Å². The third-order valence-electron chi connectivity index (χ3n) is 9.03. The Morgan fingerprint density at radius 2 is 1.56 bits per heavy atom. The zero-order valence-electron chi connectivity index (χ0n) is 28.0. The van der Waals surface area contributed by atoms with Crippen molar-refractivity contribution >= 4 is 27.1 Å². The van der Waals surface area contributed by atoms with E-state index in [9.17, 15) is 22.2 Å². The van der Waals surface area contributed by atoms with Crippen molar-refractivity contribution < 1.29 is 26.9 Å². The molecule has 0 saturated heterocycles. The van der Waals surface area contributed by atoms with Crippen molar-refractivity contribution in [3.05, 3.63) is 131 Å². The summed E-state index contributed by atoms with van der Waals surface area (Å²) in [6.07, 6.45) is 3.09. The van der Waals surface area contributed by atoms with Gasteiger partial charge in [-0.25, -0.2) is 19.2 Å². The van der Waals surface area contributed by atoms with E-state index in [1.165, 1.54) is 24.3 Å². The van der Waals surface area contributed by atoms with Crippen LogP contribution in [0.15, 0.2) is 102 Å². The maximum atomic E-state index is 14.1. The number of para-hydroxylation sites is 1. The van der Waals surface area contributed by atoms with Gasteiger partial charge in [0, 0.05) is 5.39 Å². The number of carbonyl (C=O) groups is 1. The highest BCUT2D eigenvalue weighted by Crippen LogP contribution is 2.50. The average molecular weight is 672 g/mol. The molecule has 0 fully saturated rings. The van der Waals surface area contributed by atoms with Crippen molar-refractivity contribution in [2.75, 3.05) is 0 Å². The predicted molar refractivity (Wildman–Crippen MR) is 185 cm³/mol. The van der Waals surface area contributed by atoms with Crippen LogP contribution in [0.25, 0.3) is 10.9 Å². The van der Waals surface area contributed by atoms with Crippen LogP contribution in [0.5, 0.6) is 0 Å². The van der Waals surface area contributed by atoms with Gasteiger partial charge in [-0.15, -0.1) is 0 Å². The van der Waals surface area contributed by atoms with Gasteiger partial charge in [-0.2, -0.15) is 8.42 Å². The maximum Gasteiger partial charge on any atom is 0.408 e. The predicted octanol–water partition coefficient (Wildman–Crippen LogP) is 8.11. The van der Waals surface area contributed by atoms with Crippen LogP contribution < -0.4 is 5.32 Å². The highest BCUT2D eigenvalue weighted by atomic mass is 32.2. The molecule has 0 spiro atoms. The van der Waals surface area contributed by atoms with E-state index in [0.717, 1.165) is 11.1 Å². The second kappa shape index (κ2) is 14.0. The van der Waals surface area contributed by atoms with E-state index in [2.05, 4.69) is 5.32 Å². The number of hydrogen-bond donors (Lipinski definition) is 2. The Labute approximate surface area is 281 Å². The molecule has 1 amide bonds. The summed E-state index contributed by atoms with van der Waals surface area (Å²) in [5.74, 6) is -0.848. The number of benzene rings is 3. The lowest BCUT2D eigenvalue weighted by Gasteiger charge is -2.45. The van der Waals surface area contributed by atoms with Crippen LogP contribution in [0.2, 0.25) is 0 Å². The molecule has 10 heteroatoms. The van der Waals surface area contributed by atoms with E-state index in [4.69, 9.17) is 14.7 Å². The minimum absolute atomic E-state index is 0.0201. The number of hydrogen-bond acceptors (Lipinski definition) is 6. The van der Waals surface area contributed by atoms with E-state index in [1.54, 1.807) is 6.07 Å². The second-order valence-corrected chi connectivity index (χ2v) is 14.7. The first kappa shape index (κ1) is 34.9. The molecule has 4 aromatic rings. The number of amides is 1. The van der Waals surface area contributed by atoms with Crippen molar-refractivity contribution in [3.8, 4) is 0 Å². The minimum atomic E-state index is -4.69. The summed E-state index contributed by atoms with van der Waals surface area (Å²) in [5.41, 5.74) is 2.37. The summed E-state index contributed by atoms with van der Waals surface area (Å²) in [6.45, 7) is 11.8. The third kappa shape index (κ3) is 7.05. The van der Waals surface area contributed by atoms with E-state index in [1.807, 2.05) is 102 Å². The van der Waals surface area contributed by atoms with Gasteiger partial charge in [0.15, 0.2) is 5.82 Å². The van der Waals surface area contributed by atoms with E-state index in [-0.39, 0.29) is 30.2 Å². The van der Waals surface area contributed by atoms with E-state index in [0.29, 0.717) is 27.7 Å². The molecule has 0 aliphatic heterocycles. The molecule has 0 saturated carbocycles. The lowest BCUT2D eigenvalue weighted by atomic mass is 9.63. The molecule has 1 aliphatic rings. The van der Waals surface area contributed by atoms with Crippen molar-refractivity contribution in [2.45, 2.75) is 64.9 Å². The molecule has 1 aliphatic carbocycles. The molecular weight excluding hydrogens is 629 g/mol. The summed E-state index contributed by atoms with van der Waals surface area (Å²) in [5, 5.41) is 2.14. The molecule has 8 nitrogen and oxygen atoms in total. The zero-order valence-corrected chi connectivity index (χ0v) is 28.8. The molecule has 1 heterocycles. The molecule has 1 aromatic heterocycles. The van der Waals surface area contributed by atoms with Gasteiger partial charge >= 0.3 is 6.09 Å². The molecule has 48 heavy (non-hydrogen) atoms. The number of rotatable bonds is 10. The number of nitrogens with zero attached hydrogens (tertiary/aromatic N) is 2. The number of halogens is 1. The highest BCUT2D eigenvalue weighted by molar-refractivity contribution is 7.86. The standard InChI is InChI=1S/C38H42FN3O5S/c1-23(2)28-20-31(24(3)4)35(48(44,45)46)38(21-28,25(5)6)34-30-14-10-11-15-32(30)40-36(42-34)33(27-16-18-29(39)19-17-27)41-37(43)47-22-26-12-8-7-9-13-26/h7-21,23-25,33,35H,22H2,1-6H3,(H,41,43)(H,44,45,46). The number of ether oxygens (including phenoxy) is 1. The molecule has 3 aromatic carbocycles. The van der Waals surface area contributed by atoms with Gasteiger partial charge in [0.05, 0.1) is 16.6 Å². The first-order chi connectivity index (χ1) is 22.7. The summed E-state index contributed by atoms with van der Waals surface area (Å²) in [4.78, 5) is 23.3. The largest absolute Gasteiger partial charge is 0.445 e. The monoisotopic (exact) mass is 671 g/mol. The fourth-order valence-corrected chi connectivity index (χ4v) is 8.11. The van der Waals surface area contributed by atoms with Crippen LogP contribution in [0.1, 0.15) is 70.2 Å². The Hall–Kier alpha value is -4.41. The van der Waals surface area contributed by atoms with Gasteiger partial charge in [-0.1, -0.05) is 114 Å². The van der Waals surface area contributed by atoms with Crippen molar-refractivity contribution in [3.63, 3.8) is 0 Å². The molecule has 0 radical (unpaired) electrons. The SMILES string of the molecule is CC(C)C1=CC(c2nc(C(NC(=O)OCc3ccccc3)c3ccc(F)cc3)nc3ccccc23)(C(C)C)C(S(=O)(=O)O)C(C(C)C)=C1. The first-order valence-corrected chi connectivity index (χ1v) is 17.6. The van der Waals surface area contributed by atoms with Crippen LogP contribution in [0.4, 0.5) is 9.18 Å². The number of nitrogens with one attached hydrogen (secondary N) is 1. The van der Waals surface area contributed by atoms with Gasteiger partial charge in [-0.05, 0) is 58.2 Å². The third-order valence-corrected chi connectivity index (χ3v) is 10.3. The quantitative estimate of drug-likeness (QED) is 0.164. The summed E-state index contributed by atoms with van der Waals surface area (Å²) in [7, 11) is -4.69. The fourth-order valence-electron chi connectivity index (χ4n) is 6.48. The number of aromatic nitrogens is 2. The van der Waals surface area contributed by atoms with Crippen LogP contribution in [-0.4, -0.2) is 34.3 Å². The molecular formula is C38H42FN3O5S. The normalized spacial score (nSPS) is 18.9. The summed E-state index contributed by atoms with van der Waals surface area (Å²) >= 11 is 0. The smallest absolute Gasteiger partial charge is 0.408 e. The number of carbonyl (C=O) groups excluding carboxylic acids is 1. The van der Waals surface area contributed by atoms with E-state index < -0.39 is 38.7 Å². The van der Waals surface area contributed by atoms with Crippen LogP contribution in [0.3, 0.4) is 0 Å². The van der Waals surface area contributed by atoms with Crippen molar-refractivity contribution in [1.82, 2.24) is 15.3 Å². The number of alkyl carbamates (subject to hydrolysis) is 1. The number of allylic oxidation sites excluding steroid dienone is 3. The van der Waals surface area contributed by atoms with Gasteiger partial charge < -0.3 is 10.1 Å². The average Bonchev–Trinajstić information content (AvgIpc) is 3.05. The van der Waals surface area contributed by atoms with Crippen molar-refractivity contribution in [1.29, 1.82) is 0 Å². The highest BCUT2D eigenvalue weighted by Gasteiger charge is 2.54. The van der Waals surface area contributed by atoms with Gasteiger partial charge in [0.25, 0.3) is 10.1 Å². The lowest BCUT2D eigenvalue weighted by molar-refractivity contribution is 0.137. The van der Waals surface area contributed by atoms with Crippen LogP contribution in [0, 0.1) is 23.6 Å². The molecule has 3 atom stereocenters. The van der Waals surface area contributed by atoms with E-state index >= 15 is 0 Å². The topological polar surface area (TPSA) is 118 Å². The molecule has 0 bridgehead atoms. The zero-order chi connectivity index (χ0) is 34.8. The van der Waals surface area contributed by atoms with Gasteiger partial charge in [-0.3, -0.25) is 4.55 Å². The molecule has 252 valence electrons. The van der Waals surface area contributed by atoms with Crippen molar-refractivity contribution in [2.24, 2.45) is 17.8 Å². The Morgan fingerprint density at radius 1 is 0.917 bits per heavy atom. The Balaban J connectivity index is 1.76. The second-order valence-electron chi connectivity index (χ2n) is 13.2. The summed E-state index contributed by atoms with van der Waals surface area (Å²) < 4.78 is 57.8. The Bertz CT molecular complexity index is 1960. The molecule has 5 rings (SSSR count). The number of fused-ring (bicyclic) bond motifs is 1. The van der Waals surface area contributed by atoms with Crippen LogP contribution in [-0.2, 0) is 26.9 Å². The Morgan fingerprint density at radius 3 is 2.17 bits per heavy atom. The lowest BCUT2D eigenvalue weighted by Crippen LogP contribution is -2.51. The minimum Gasteiger partial charge on any atom is -0.445 e.